The Kier molecular flexibility index (Phi) is 3.30. The Bertz CT molecular complexity index is 691. The molecule has 0 spiro atoms. The van der Waals surface area contributed by atoms with Crippen LogP contribution >= 0.6 is 0 Å². The number of rotatable bonds is 2. The second kappa shape index (κ2) is 5.23. The number of ether oxygens (including phenoxy) is 2. The van der Waals surface area contributed by atoms with E-state index < -0.39 is 0 Å². The largest absolute Gasteiger partial charge is 0.487 e. The smallest absolute Gasteiger partial charge is 0.246 e. The number of benzene rings is 1. The van der Waals surface area contributed by atoms with Crippen molar-refractivity contribution in [3.8, 4) is 5.75 Å². The van der Waals surface area contributed by atoms with Gasteiger partial charge in [0.25, 0.3) is 0 Å². The first-order valence-corrected chi connectivity index (χ1v) is 8.06. The molecule has 0 radical (unpaired) electrons. The van der Waals surface area contributed by atoms with Crippen molar-refractivity contribution >= 4 is 17.3 Å². The number of anilines is 1. The third-order valence-electron chi connectivity index (χ3n) is 4.49. The summed E-state index contributed by atoms with van der Waals surface area (Å²) in [5.41, 5.74) is 6.48. The van der Waals surface area contributed by atoms with E-state index in [1.54, 1.807) is 0 Å². The predicted octanol–water partition coefficient (Wildman–Crippen LogP) is 1.46. The maximum Gasteiger partial charge on any atom is 0.246 e. The number of nitrogens with zero attached hydrogens (tertiary/aromatic N) is 2. The molecular weight excluding hydrogens is 294 g/mol. The number of morpholine rings is 1. The predicted molar refractivity (Wildman–Crippen MR) is 87.2 cm³/mol. The fraction of sp³-hybridized carbons (Fsp3) is 0.529. The fourth-order valence-corrected chi connectivity index (χ4v) is 3.45. The summed E-state index contributed by atoms with van der Waals surface area (Å²) in [6.07, 6.45) is 1.20. The van der Waals surface area contributed by atoms with E-state index >= 15 is 0 Å². The van der Waals surface area contributed by atoms with E-state index in [1.165, 1.54) is 5.56 Å². The third kappa shape index (κ3) is 2.67. The molecule has 0 saturated carbocycles. The summed E-state index contributed by atoms with van der Waals surface area (Å²) in [6.45, 7) is 7.30. The molecule has 6 nitrogen and oxygen atoms in total. The average Bonchev–Trinajstić information content (AvgIpc) is 3.07. The van der Waals surface area contributed by atoms with Gasteiger partial charge in [0.1, 0.15) is 11.4 Å². The molecule has 1 saturated heterocycles. The van der Waals surface area contributed by atoms with Gasteiger partial charge < -0.3 is 14.4 Å². The number of fused-ring (bicyclic) bond motifs is 1. The van der Waals surface area contributed by atoms with Gasteiger partial charge in [0, 0.05) is 36.8 Å². The first kappa shape index (κ1) is 14.5. The molecule has 1 N–H and O–H groups in total. The molecule has 0 atom stereocenters. The van der Waals surface area contributed by atoms with E-state index in [1.807, 2.05) is 0 Å². The van der Waals surface area contributed by atoms with E-state index in [2.05, 4.69) is 41.4 Å². The highest BCUT2D eigenvalue weighted by molar-refractivity contribution is 6.16. The molecule has 3 heterocycles. The molecule has 0 aromatic heterocycles. The lowest BCUT2D eigenvalue weighted by molar-refractivity contribution is -0.119. The molecule has 1 amide bonds. The fourth-order valence-electron chi connectivity index (χ4n) is 3.45. The van der Waals surface area contributed by atoms with Gasteiger partial charge in [-0.05, 0) is 25.5 Å². The van der Waals surface area contributed by atoms with E-state index in [0.717, 1.165) is 42.2 Å². The molecule has 3 aliphatic heterocycles. The van der Waals surface area contributed by atoms with Crippen LogP contribution in [0.1, 0.15) is 31.4 Å². The minimum absolute atomic E-state index is 0.0509. The van der Waals surface area contributed by atoms with E-state index in [0.29, 0.717) is 19.6 Å². The van der Waals surface area contributed by atoms with Crippen LogP contribution in [0.25, 0.3) is 0 Å². The SMILES string of the molecule is CC1(C)Cc2cc(C3=NNC(=O)C3)c(N3CCOCC3)cc2O1. The second-order valence-corrected chi connectivity index (χ2v) is 6.89. The van der Waals surface area contributed by atoms with Crippen molar-refractivity contribution in [3.05, 3.63) is 23.3 Å². The minimum atomic E-state index is -0.186. The lowest BCUT2D eigenvalue weighted by atomic mass is 9.96. The zero-order chi connectivity index (χ0) is 16.0. The standard InChI is InChI=1S/C17H21N3O3/c1-17(2)10-11-7-12(13-8-16(21)19-18-13)14(9-15(11)23-17)20-3-5-22-6-4-20/h7,9H,3-6,8,10H2,1-2H3,(H,19,21). The molecule has 3 aliphatic rings. The minimum Gasteiger partial charge on any atom is -0.487 e. The van der Waals surface area contributed by atoms with Crippen molar-refractivity contribution in [2.24, 2.45) is 5.10 Å². The van der Waals surface area contributed by atoms with Gasteiger partial charge in [-0.25, -0.2) is 5.43 Å². The molecule has 1 aromatic rings. The van der Waals surface area contributed by atoms with E-state index in [4.69, 9.17) is 9.47 Å². The summed E-state index contributed by atoms with van der Waals surface area (Å²) in [7, 11) is 0. The van der Waals surface area contributed by atoms with Gasteiger partial charge in [-0.2, -0.15) is 5.10 Å². The second-order valence-electron chi connectivity index (χ2n) is 6.89. The molecule has 6 heteroatoms. The summed E-state index contributed by atoms with van der Waals surface area (Å²) < 4.78 is 11.5. The van der Waals surface area contributed by atoms with E-state index in [-0.39, 0.29) is 11.5 Å². The summed E-state index contributed by atoms with van der Waals surface area (Å²) in [4.78, 5) is 13.9. The van der Waals surface area contributed by atoms with Crippen LogP contribution in [-0.4, -0.2) is 43.5 Å². The summed E-state index contributed by atoms with van der Waals surface area (Å²) in [5, 5.41) is 4.22. The Morgan fingerprint density at radius 1 is 1.26 bits per heavy atom. The molecule has 0 unspecified atom stereocenters. The van der Waals surface area contributed by atoms with Crippen LogP contribution < -0.4 is 15.1 Å². The van der Waals surface area contributed by atoms with Gasteiger partial charge in [-0.15, -0.1) is 0 Å². The van der Waals surface area contributed by atoms with Crippen molar-refractivity contribution in [1.82, 2.24) is 5.43 Å². The first-order valence-electron chi connectivity index (χ1n) is 8.06. The Labute approximate surface area is 135 Å². The van der Waals surface area contributed by atoms with Gasteiger partial charge in [0.15, 0.2) is 0 Å². The molecule has 0 aliphatic carbocycles. The highest BCUT2D eigenvalue weighted by Gasteiger charge is 2.33. The lowest BCUT2D eigenvalue weighted by Crippen LogP contribution is -2.37. The normalized spacial score (nSPS) is 22.4. The average molecular weight is 315 g/mol. The maximum absolute atomic E-state index is 11.6. The molecule has 1 aromatic carbocycles. The summed E-state index contributed by atoms with van der Waals surface area (Å²) in [5.74, 6) is 0.892. The Hall–Kier alpha value is -2.08. The maximum atomic E-state index is 11.6. The van der Waals surface area contributed by atoms with Crippen molar-refractivity contribution in [2.45, 2.75) is 32.3 Å². The van der Waals surface area contributed by atoms with Crippen LogP contribution in [0.15, 0.2) is 17.2 Å². The van der Waals surface area contributed by atoms with Crippen LogP contribution in [0, 0.1) is 0 Å². The van der Waals surface area contributed by atoms with Gasteiger partial charge in [0.2, 0.25) is 5.91 Å². The number of hydrazone groups is 1. The van der Waals surface area contributed by atoms with Gasteiger partial charge in [-0.3, -0.25) is 4.79 Å². The van der Waals surface area contributed by atoms with Crippen LogP contribution in [0.2, 0.25) is 0 Å². The van der Waals surface area contributed by atoms with Crippen LogP contribution in [-0.2, 0) is 16.0 Å². The number of carbonyl (C=O) groups is 1. The quantitative estimate of drug-likeness (QED) is 0.897. The van der Waals surface area contributed by atoms with Crippen LogP contribution in [0.4, 0.5) is 5.69 Å². The topological polar surface area (TPSA) is 63.2 Å². The Morgan fingerprint density at radius 2 is 2.04 bits per heavy atom. The van der Waals surface area contributed by atoms with Crippen LogP contribution in [0.3, 0.4) is 0 Å². The monoisotopic (exact) mass is 315 g/mol. The van der Waals surface area contributed by atoms with Crippen molar-refractivity contribution in [1.29, 1.82) is 0 Å². The van der Waals surface area contributed by atoms with Crippen molar-refractivity contribution in [3.63, 3.8) is 0 Å². The molecular formula is C17H21N3O3. The number of hydrogen-bond acceptors (Lipinski definition) is 5. The number of carbonyl (C=O) groups excluding carboxylic acids is 1. The Balaban J connectivity index is 1.78. The number of nitrogens with one attached hydrogen (secondary N) is 1. The van der Waals surface area contributed by atoms with Gasteiger partial charge >= 0.3 is 0 Å². The lowest BCUT2D eigenvalue weighted by Gasteiger charge is -2.31. The van der Waals surface area contributed by atoms with Crippen molar-refractivity contribution in [2.75, 3.05) is 31.2 Å². The first-order chi connectivity index (χ1) is 11.0. The number of amides is 1. The zero-order valence-corrected chi connectivity index (χ0v) is 13.5. The summed E-state index contributed by atoms with van der Waals surface area (Å²) >= 11 is 0. The van der Waals surface area contributed by atoms with Crippen molar-refractivity contribution < 1.29 is 14.3 Å². The molecule has 4 rings (SSSR count). The van der Waals surface area contributed by atoms with Crippen LogP contribution in [0.5, 0.6) is 5.75 Å². The molecule has 122 valence electrons. The highest BCUT2D eigenvalue weighted by atomic mass is 16.5. The van der Waals surface area contributed by atoms with E-state index in [9.17, 15) is 4.79 Å². The number of hydrogen-bond donors (Lipinski definition) is 1. The molecule has 1 fully saturated rings. The molecule has 23 heavy (non-hydrogen) atoms. The Morgan fingerprint density at radius 3 is 2.74 bits per heavy atom. The summed E-state index contributed by atoms with van der Waals surface area (Å²) in [6, 6.07) is 4.25. The molecule has 0 bridgehead atoms. The van der Waals surface area contributed by atoms with Gasteiger partial charge in [-0.1, -0.05) is 0 Å². The third-order valence-corrected chi connectivity index (χ3v) is 4.49. The van der Waals surface area contributed by atoms with Gasteiger partial charge in [0.05, 0.1) is 25.3 Å². The zero-order valence-electron chi connectivity index (χ0n) is 13.5. The highest BCUT2D eigenvalue weighted by Crippen LogP contribution is 2.40.